The largest absolute Gasteiger partial charge is 0.359 e. The van der Waals surface area contributed by atoms with Crippen molar-refractivity contribution in [3.63, 3.8) is 0 Å². The third-order valence-corrected chi connectivity index (χ3v) is 10.5. The molecule has 6 rings (SSSR count). The van der Waals surface area contributed by atoms with Gasteiger partial charge in [0, 0.05) is 35.8 Å². The lowest BCUT2D eigenvalue weighted by atomic mass is 9.74. The topological polar surface area (TPSA) is 91.0 Å². The average molecular weight is 567 g/mol. The number of hydrogen-bond acceptors (Lipinski definition) is 6. The van der Waals surface area contributed by atoms with Crippen molar-refractivity contribution in [2.75, 3.05) is 31.2 Å². The average Bonchev–Trinajstić information content (AvgIpc) is 3.60. The molecule has 3 amide bonds. The number of carbonyl (C=O) groups is 3. The number of rotatable bonds is 8. The van der Waals surface area contributed by atoms with Crippen molar-refractivity contribution in [1.82, 2.24) is 15.1 Å². The van der Waals surface area contributed by atoms with Gasteiger partial charge in [-0.2, -0.15) is 0 Å². The van der Waals surface area contributed by atoms with E-state index in [1.165, 1.54) is 12.8 Å². The van der Waals surface area contributed by atoms with Crippen LogP contribution in [0.4, 0.5) is 5.69 Å². The van der Waals surface area contributed by atoms with Gasteiger partial charge in [0.1, 0.15) is 11.6 Å². The Hall–Kier alpha value is -2.36. The van der Waals surface area contributed by atoms with Crippen molar-refractivity contribution >= 4 is 35.2 Å². The quantitative estimate of drug-likeness (QED) is 0.367. The van der Waals surface area contributed by atoms with Crippen LogP contribution in [0.25, 0.3) is 0 Å². The summed E-state index contributed by atoms with van der Waals surface area (Å²) in [7, 11) is 0. The highest BCUT2D eigenvalue weighted by Crippen LogP contribution is 2.55. The molecule has 6 atom stereocenters. The van der Waals surface area contributed by atoms with Crippen LogP contribution in [-0.4, -0.2) is 83.2 Å². The minimum Gasteiger partial charge on any atom is -0.359 e. The molecule has 1 saturated carbocycles. The maximum absolute atomic E-state index is 14.2. The molecule has 3 saturated heterocycles. The first-order valence-corrected chi connectivity index (χ1v) is 16.3. The van der Waals surface area contributed by atoms with Crippen LogP contribution in [0.2, 0.25) is 0 Å². The molecule has 4 heterocycles. The molecule has 9 heteroatoms. The van der Waals surface area contributed by atoms with Crippen LogP contribution in [-0.2, 0) is 19.1 Å². The van der Waals surface area contributed by atoms with Gasteiger partial charge in [-0.15, -0.1) is 11.8 Å². The van der Waals surface area contributed by atoms with Crippen molar-refractivity contribution in [3.05, 3.63) is 36.4 Å². The number of nitrogens with one attached hydrogen (secondary N) is 2. The summed E-state index contributed by atoms with van der Waals surface area (Å²) in [6, 6.07) is 7.52. The number of carbonyl (C=O) groups excluding carboxylic acids is 3. The smallest absolute Gasteiger partial charge is 0.246 e. The molecule has 1 aromatic carbocycles. The summed E-state index contributed by atoms with van der Waals surface area (Å²) >= 11 is 1.61. The summed E-state index contributed by atoms with van der Waals surface area (Å²) in [4.78, 5) is 47.2. The molecular weight excluding hydrogens is 524 g/mol. The predicted octanol–water partition coefficient (Wildman–Crippen LogP) is 3.82. The van der Waals surface area contributed by atoms with Crippen LogP contribution in [0, 0.1) is 11.8 Å². The Morgan fingerprint density at radius 2 is 1.88 bits per heavy atom. The Morgan fingerprint density at radius 3 is 2.65 bits per heavy atom. The monoisotopic (exact) mass is 566 g/mol. The molecule has 0 unspecified atom stereocenters. The fourth-order valence-electron chi connectivity index (χ4n) is 7.69. The summed E-state index contributed by atoms with van der Waals surface area (Å²) in [5.74, 6) is -1.91. The highest BCUT2D eigenvalue weighted by atomic mass is 32.2. The van der Waals surface area contributed by atoms with Crippen molar-refractivity contribution < 1.29 is 19.1 Å². The van der Waals surface area contributed by atoms with Crippen molar-refractivity contribution in [1.29, 1.82) is 0 Å². The fourth-order valence-corrected chi connectivity index (χ4v) is 8.15. The highest BCUT2D eigenvalue weighted by Gasteiger charge is 2.72. The molecule has 0 radical (unpaired) electrons. The molecule has 216 valence electrons. The number of nitrogens with zero attached hydrogens (tertiary/aromatic N) is 2. The van der Waals surface area contributed by atoms with Crippen LogP contribution >= 0.6 is 11.8 Å². The van der Waals surface area contributed by atoms with Gasteiger partial charge in [-0.3, -0.25) is 19.3 Å². The van der Waals surface area contributed by atoms with Crippen molar-refractivity contribution in [3.8, 4) is 0 Å². The second-order valence-electron chi connectivity index (χ2n) is 12.2. The Balaban J connectivity index is 1.27. The number of benzene rings is 1. The molecule has 4 fully saturated rings. The maximum Gasteiger partial charge on any atom is 0.246 e. The molecule has 4 aliphatic heterocycles. The molecule has 2 N–H and O–H groups in total. The standard InChI is InChI=1S/C31H42N4O4S/c1-20-9-6-7-16-34(20)17-18-35-27(29(37)32-21-10-4-3-5-11-21)31-15-14-24(39-31)25(26(31)30(35)38)28(36)33-22-12-8-13-23(19-22)40-2/h8,12-15,19-21,24-27H,3-7,9-11,16-18H2,1-2H3,(H,32,37)(H,33,36)/t20-,24-,25+,26-,27-,31-/m0/s1. The lowest BCUT2D eigenvalue weighted by molar-refractivity contribution is -0.141. The summed E-state index contributed by atoms with van der Waals surface area (Å²) in [5.41, 5.74) is -0.414. The SMILES string of the molecule is CSc1cccc(NC(=O)[C@@H]2[C@@H]3C=C[C@]4(O3)[C@@H]2C(=O)N(CCN2CCCC[C@@H]2C)[C@H]4C(=O)NC2CCCCC2)c1. The number of likely N-dealkylation sites (tertiary alicyclic amines) is 2. The Kier molecular flexibility index (Phi) is 7.98. The summed E-state index contributed by atoms with van der Waals surface area (Å²) in [5, 5.41) is 6.32. The van der Waals surface area contributed by atoms with Gasteiger partial charge in [0.05, 0.1) is 17.9 Å². The number of hydrogen-bond donors (Lipinski definition) is 2. The molecular formula is C31H42N4O4S. The predicted molar refractivity (Wildman–Crippen MR) is 156 cm³/mol. The molecule has 1 aromatic rings. The van der Waals surface area contributed by atoms with Crippen molar-refractivity contribution in [2.24, 2.45) is 11.8 Å². The first-order valence-electron chi connectivity index (χ1n) is 15.1. The van der Waals surface area contributed by atoms with E-state index in [9.17, 15) is 14.4 Å². The number of amides is 3. The van der Waals surface area contributed by atoms with E-state index < -0.39 is 29.6 Å². The zero-order valence-electron chi connectivity index (χ0n) is 23.6. The Labute approximate surface area is 241 Å². The minimum atomic E-state index is -1.11. The van der Waals surface area contributed by atoms with E-state index >= 15 is 0 Å². The molecule has 8 nitrogen and oxygen atoms in total. The zero-order chi connectivity index (χ0) is 27.9. The van der Waals surface area contributed by atoms with Crippen LogP contribution < -0.4 is 10.6 Å². The van der Waals surface area contributed by atoms with E-state index in [-0.39, 0.29) is 23.8 Å². The van der Waals surface area contributed by atoms with Gasteiger partial charge in [0.15, 0.2) is 0 Å². The first kappa shape index (κ1) is 27.8. The maximum atomic E-state index is 14.2. The van der Waals surface area contributed by atoms with Crippen LogP contribution in [0.15, 0.2) is 41.3 Å². The van der Waals surface area contributed by atoms with E-state index in [4.69, 9.17) is 4.74 Å². The van der Waals surface area contributed by atoms with E-state index in [0.29, 0.717) is 24.8 Å². The van der Waals surface area contributed by atoms with Gasteiger partial charge in [0.2, 0.25) is 17.7 Å². The normalized spacial score (nSPS) is 33.8. The number of anilines is 1. The summed E-state index contributed by atoms with van der Waals surface area (Å²) < 4.78 is 6.52. The lowest BCUT2D eigenvalue weighted by Crippen LogP contribution is -2.57. The van der Waals surface area contributed by atoms with Gasteiger partial charge in [-0.05, 0) is 63.6 Å². The van der Waals surface area contributed by atoms with E-state index in [0.717, 1.165) is 50.0 Å². The Morgan fingerprint density at radius 1 is 1.07 bits per heavy atom. The second-order valence-corrected chi connectivity index (χ2v) is 13.1. The van der Waals surface area contributed by atoms with Crippen molar-refractivity contribution in [2.45, 2.75) is 93.0 Å². The fraction of sp³-hybridized carbons (Fsp3) is 0.645. The number of fused-ring (bicyclic) bond motifs is 1. The molecule has 1 aliphatic carbocycles. The number of ether oxygens (including phenoxy) is 1. The van der Waals surface area contributed by atoms with Gasteiger partial charge in [-0.1, -0.05) is 43.9 Å². The summed E-state index contributed by atoms with van der Waals surface area (Å²) in [6.07, 6.45) is 14.2. The molecule has 2 bridgehead atoms. The molecule has 5 aliphatic rings. The van der Waals surface area contributed by atoms with Crippen LogP contribution in [0.1, 0.15) is 58.3 Å². The third kappa shape index (κ3) is 4.98. The van der Waals surface area contributed by atoms with Gasteiger partial charge in [-0.25, -0.2) is 0 Å². The van der Waals surface area contributed by atoms with Gasteiger partial charge < -0.3 is 20.3 Å². The number of piperidine rings is 1. The van der Waals surface area contributed by atoms with Crippen LogP contribution in [0.5, 0.6) is 0 Å². The lowest BCUT2D eigenvalue weighted by Gasteiger charge is -2.37. The van der Waals surface area contributed by atoms with Crippen LogP contribution in [0.3, 0.4) is 0 Å². The van der Waals surface area contributed by atoms with E-state index in [1.807, 2.05) is 42.7 Å². The van der Waals surface area contributed by atoms with E-state index in [2.05, 4.69) is 22.5 Å². The van der Waals surface area contributed by atoms with Gasteiger partial charge in [0.25, 0.3) is 0 Å². The van der Waals surface area contributed by atoms with E-state index in [1.54, 1.807) is 16.7 Å². The molecule has 1 spiro atoms. The molecule has 40 heavy (non-hydrogen) atoms. The summed E-state index contributed by atoms with van der Waals surface area (Å²) in [6.45, 7) is 4.42. The first-order chi connectivity index (χ1) is 19.4. The third-order valence-electron chi connectivity index (χ3n) is 9.78. The number of thioether (sulfide) groups is 1. The minimum absolute atomic E-state index is 0.126. The Bertz CT molecular complexity index is 1170. The highest BCUT2D eigenvalue weighted by molar-refractivity contribution is 7.98. The van der Waals surface area contributed by atoms with Gasteiger partial charge >= 0.3 is 0 Å². The molecule has 0 aromatic heterocycles. The zero-order valence-corrected chi connectivity index (χ0v) is 24.5. The second kappa shape index (κ2) is 11.5.